The van der Waals surface area contributed by atoms with Crippen LogP contribution in [0.15, 0.2) is 67.0 Å². The molecule has 0 saturated heterocycles. The molecular weight excluding hydrogens is 364 g/mol. The standard InChI is InChI=1S/C21H19ClN2O3/c1-26-18-10-7-15(12-19(18)27-2)21(25)24-20(16-4-3-11-23-13-16)14-5-8-17(22)9-6-14/h3-13,20H,1-2H3,(H,24,25)/t20-/m1/s1. The monoisotopic (exact) mass is 382 g/mol. The summed E-state index contributed by atoms with van der Waals surface area (Å²) in [5, 5.41) is 3.69. The van der Waals surface area contributed by atoms with Crippen molar-refractivity contribution in [3.63, 3.8) is 0 Å². The number of hydrogen-bond donors (Lipinski definition) is 1. The van der Waals surface area contributed by atoms with E-state index in [1.165, 1.54) is 7.11 Å². The van der Waals surface area contributed by atoms with Gasteiger partial charge in [-0.1, -0.05) is 29.8 Å². The fourth-order valence-electron chi connectivity index (χ4n) is 2.75. The Morgan fingerprint density at radius 3 is 2.37 bits per heavy atom. The van der Waals surface area contributed by atoms with Gasteiger partial charge in [0.15, 0.2) is 11.5 Å². The number of benzene rings is 2. The van der Waals surface area contributed by atoms with E-state index in [4.69, 9.17) is 21.1 Å². The molecule has 6 heteroatoms. The van der Waals surface area contributed by atoms with E-state index >= 15 is 0 Å². The average molecular weight is 383 g/mol. The Balaban J connectivity index is 1.92. The molecule has 0 aliphatic rings. The molecule has 0 spiro atoms. The summed E-state index contributed by atoms with van der Waals surface area (Å²) in [5.41, 5.74) is 2.24. The highest BCUT2D eigenvalue weighted by Gasteiger charge is 2.19. The molecule has 0 aliphatic carbocycles. The van der Waals surface area contributed by atoms with E-state index in [9.17, 15) is 4.79 Å². The molecule has 1 heterocycles. The van der Waals surface area contributed by atoms with E-state index in [2.05, 4.69) is 10.3 Å². The summed E-state index contributed by atoms with van der Waals surface area (Å²) in [6, 6.07) is 15.8. The summed E-state index contributed by atoms with van der Waals surface area (Å²) in [6.45, 7) is 0. The van der Waals surface area contributed by atoms with E-state index in [1.54, 1.807) is 49.8 Å². The number of amides is 1. The maximum absolute atomic E-state index is 12.9. The van der Waals surface area contributed by atoms with Crippen LogP contribution >= 0.6 is 11.6 Å². The summed E-state index contributed by atoms with van der Waals surface area (Å²) in [5.74, 6) is 0.824. The minimum atomic E-state index is -0.364. The number of aromatic nitrogens is 1. The fourth-order valence-corrected chi connectivity index (χ4v) is 2.88. The van der Waals surface area contributed by atoms with Crippen LogP contribution in [0.2, 0.25) is 5.02 Å². The lowest BCUT2D eigenvalue weighted by Gasteiger charge is -2.20. The number of carbonyl (C=O) groups is 1. The van der Waals surface area contributed by atoms with E-state index < -0.39 is 0 Å². The third-order valence-electron chi connectivity index (χ3n) is 4.14. The van der Waals surface area contributed by atoms with E-state index in [0.717, 1.165) is 11.1 Å². The van der Waals surface area contributed by atoms with Gasteiger partial charge in [-0.15, -0.1) is 0 Å². The Labute approximate surface area is 162 Å². The van der Waals surface area contributed by atoms with Crippen LogP contribution < -0.4 is 14.8 Å². The normalized spacial score (nSPS) is 11.5. The number of nitrogens with one attached hydrogen (secondary N) is 1. The molecule has 5 nitrogen and oxygen atoms in total. The lowest BCUT2D eigenvalue weighted by atomic mass is 9.99. The smallest absolute Gasteiger partial charge is 0.252 e. The number of rotatable bonds is 6. The van der Waals surface area contributed by atoms with Gasteiger partial charge in [-0.25, -0.2) is 0 Å². The number of hydrogen-bond acceptors (Lipinski definition) is 4. The zero-order valence-corrected chi connectivity index (χ0v) is 15.7. The Morgan fingerprint density at radius 1 is 1.00 bits per heavy atom. The second-order valence-electron chi connectivity index (χ2n) is 5.81. The van der Waals surface area contributed by atoms with Crippen LogP contribution in [0.3, 0.4) is 0 Å². The maximum Gasteiger partial charge on any atom is 0.252 e. The van der Waals surface area contributed by atoms with Crippen LogP contribution in [0.5, 0.6) is 11.5 Å². The molecule has 0 saturated carbocycles. The van der Waals surface area contributed by atoms with Gasteiger partial charge >= 0.3 is 0 Å². The highest BCUT2D eigenvalue weighted by atomic mass is 35.5. The van der Waals surface area contributed by atoms with Crippen LogP contribution in [0.1, 0.15) is 27.5 Å². The maximum atomic E-state index is 12.9. The fraction of sp³-hybridized carbons (Fsp3) is 0.143. The van der Waals surface area contributed by atoms with Gasteiger partial charge < -0.3 is 14.8 Å². The Kier molecular flexibility index (Phi) is 5.94. The van der Waals surface area contributed by atoms with Crippen LogP contribution in [0, 0.1) is 0 Å². The second kappa shape index (κ2) is 8.56. The molecule has 27 heavy (non-hydrogen) atoms. The molecule has 0 radical (unpaired) electrons. The SMILES string of the molecule is COc1ccc(C(=O)N[C@H](c2ccc(Cl)cc2)c2cccnc2)cc1OC. The van der Waals surface area contributed by atoms with Crippen LogP contribution in [0.4, 0.5) is 0 Å². The van der Waals surface area contributed by atoms with Crippen molar-refractivity contribution in [2.75, 3.05) is 14.2 Å². The minimum absolute atomic E-state index is 0.236. The summed E-state index contributed by atoms with van der Waals surface area (Å²) in [6.07, 6.45) is 3.42. The average Bonchev–Trinajstić information content (AvgIpc) is 2.72. The van der Waals surface area contributed by atoms with Gasteiger partial charge in [0.2, 0.25) is 0 Å². The van der Waals surface area contributed by atoms with Gasteiger partial charge in [0.05, 0.1) is 20.3 Å². The van der Waals surface area contributed by atoms with E-state index in [1.807, 2.05) is 24.3 Å². The van der Waals surface area contributed by atoms with Gasteiger partial charge in [0, 0.05) is 23.0 Å². The third kappa shape index (κ3) is 4.38. The highest BCUT2D eigenvalue weighted by Crippen LogP contribution is 2.28. The third-order valence-corrected chi connectivity index (χ3v) is 4.39. The molecular formula is C21H19ClN2O3. The van der Waals surface area contributed by atoms with Gasteiger partial charge in [0.25, 0.3) is 5.91 Å². The Hall–Kier alpha value is -3.05. The zero-order chi connectivity index (χ0) is 19.2. The molecule has 138 valence electrons. The summed E-state index contributed by atoms with van der Waals surface area (Å²) in [4.78, 5) is 17.0. The molecule has 1 atom stereocenters. The lowest BCUT2D eigenvalue weighted by molar-refractivity contribution is 0.0942. The van der Waals surface area contributed by atoms with Gasteiger partial charge in [-0.05, 0) is 47.5 Å². The summed E-state index contributed by atoms with van der Waals surface area (Å²) in [7, 11) is 3.09. The molecule has 0 aliphatic heterocycles. The number of ether oxygens (including phenoxy) is 2. The van der Waals surface area contributed by atoms with Crippen molar-refractivity contribution in [1.82, 2.24) is 10.3 Å². The Morgan fingerprint density at radius 2 is 1.74 bits per heavy atom. The molecule has 3 aromatic rings. The number of pyridine rings is 1. The van der Waals surface area contributed by atoms with Crippen molar-refractivity contribution in [3.8, 4) is 11.5 Å². The highest BCUT2D eigenvalue weighted by molar-refractivity contribution is 6.30. The second-order valence-corrected chi connectivity index (χ2v) is 6.25. The molecule has 3 rings (SSSR count). The van der Waals surface area contributed by atoms with E-state index in [0.29, 0.717) is 22.1 Å². The van der Waals surface area contributed by atoms with Crippen molar-refractivity contribution in [2.45, 2.75) is 6.04 Å². The first kappa shape index (κ1) is 18.7. The first-order valence-corrected chi connectivity index (χ1v) is 8.68. The van der Waals surface area contributed by atoms with Crippen molar-refractivity contribution in [1.29, 1.82) is 0 Å². The predicted molar refractivity (Wildman–Crippen MR) is 105 cm³/mol. The number of carbonyl (C=O) groups excluding carboxylic acids is 1. The minimum Gasteiger partial charge on any atom is -0.493 e. The summed E-state index contributed by atoms with van der Waals surface area (Å²) < 4.78 is 10.5. The van der Waals surface area contributed by atoms with E-state index in [-0.39, 0.29) is 11.9 Å². The van der Waals surface area contributed by atoms with Gasteiger partial charge in [-0.2, -0.15) is 0 Å². The van der Waals surface area contributed by atoms with Crippen molar-refractivity contribution >= 4 is 17.5 Å². The molecule has 1 aromatic heterocycles. The molecule has 0 bridgehead atoms. The first-order chi connectivity index (χ1) is 13.1. The molecule has 1 amide bonds. The predicted octanol–water partition coefficient (Wildman–Crippen LogP) is 4.27. The van der Waals surface area contributed by atoms with Gasteiger partial charge in [0.1, 0.15) is 0 Å². The first-order valence-electron chi connectivity index (χ1n) is 8.30. The van der Waals surface area contributed by atoms with Crippen LogP contribution in [0.25, 0.3) is 0 Å². The molecule has 0 unspecified atom stereocenters. The van der Waals surface area contributed by atoms with Gasteiger partial charge in [-0.3, -0.25) is 9.78 Å². The Bertz CT molecular complexity index is 914. The van der Waals surface area contributed by atoms with Crippen molar-refractivity contribution in [2.24, 2.45) is 0 Å². The molecule has 2 aromatic carbocycles. The molecule has 0 fully saturated rings. The topological polar surface area (TPSA) is 60.5 Å². The van der Waals surface area contributed by atoms with Crippen molar-refractivity contribution < 1.29 is 14.3 Å². The quantitative estimate of drug-likeness (QED) is 0.691. The van der Waals surface area contributed by atoms with Crippen LogP contribution in [-0.2, 0) is 0 Å². The zero-order valence-electron chi connectivity index (χ0n) is 15.0. The van der Waals surface area contributed by atoms with Crippen molar-refractivity contribution in [3.05, 3.63) is 88.7 Å². The number of nitrogens with zero attached hydrogens (tertiary/aromatic N) is 1. The molecule has 1 N–H and O–H groups in total. The summed E-state index contributed by atoms with van der Waals surface area (Å²) >= 11 is 6.00. The lowest BCUT2D eigenvalue weighted by Crippen LogP contribution is -2.29. The number of halogens is 1. The van der Waals surface area contributed by atoms with Crippen LogP contribution in [-0.4, -0.2) is 25.1 Å². The largest absolute Gasteiger partial charge is 0.493 e. The number of methoxy groups -OCH3 is 2.